The number of nitrogens with two attached hydrogens (primary N) is 1. The first-order valence-corrected chi connectivity index (χ1v) is 5.63. The lowest BCUT2D eigenvalue weighted by Crippen LogP contribution is -2.12. The van der Waals surface area contributed by atoms with E-state index < -0.39 is 11.7 Å². The second-order valence-electron chi connectivity index (χ2n) is 4.03. The second kappa shape index (κ2) is 5.21. The quantitative estimate of drug-likeness (QED) is 0.840. The van der Waals surface area contributed by atoms with E-state index in [4.69, 9.17) is 5.73 Å². The lowest BCUT2D eigenvalue weighted by atomic mass is 10.1. The van der Waals surface area contributed by atoms with E-state index in [1.807, 2.05) is 4.57 Å². The molecule has 0 atom stereocenters. The number of anilines is 2. The van der Waals surface area contributed by atoms with E-state index in [2.05, 4.69) is 10.3 Å². The number of hydrogen-bond donors (Lipinski definition) is 2. The smallest absolute Gasteiger partial charge is 0.398 e. The topological polar surface area (TPSA) is 55.9 Å². The largest absolute Gasteiger partial charge is 0.418 e. The molecule has 2 aromatic rings. The van der Waals surface area contributed by atoms with Crippen molar-refractivity contribution in [2.45, 2.75) is 12.7 Å². The van der Waals surface area contributed by atoms with Crippen molar-refractivity contribution in [1.82, 2.24) is 9.55 Å². The summed E-state index contributed by atoms with van der Waals surface area (Å²) in [7, 11) is 0. The fourth-order valence-electron chi connectivity index (χ4n) is 1.66. The maximum Gasteiger partial charge on any atom is 0.418 e. The van der Waals surface area contributed by atoms with Crippen LogP contribution in [0, 0.1) is 0 Å². The number of benzene rings is 1. The highest BCUT2D eigenvalue weighted by atomic mass is 19.4. The summed E-state index contributed by atoms with van der Waals surface area (Å²) < 4.78 is 39.8. The van der Waals surface area contributed by atoms with E-state index in [9.17, 15) is 13.2 Å². The number of nitrogen functional groups attached to an aromatic ring is 1. The van der Waals surface area contributed by atoms with E-state index in [0.29, 0.717) is 18.8 Å². The molecule has 0 amide bonds. The van der Waals surface area contributed by atoms with Gasteiger partial charge < -0.3 is 15.6 Å². The molecule has 102 valence electrons. The van der Waals surface area contributed by atoms with Crippen molar-refractivity contribution in [3.63, 3.8) is 0 Å². The Morgan fingerprint density at radius 2 is 2.11 bits per heavy atom. The summed E-state index contributed by atoms with van der Waals surface area (Å²) in [5.41, 5.74) is 4.62. The van der Waals surface area contributed by atoms with Gasteiger partial charge in [0.15, 0.2) is 0 Å². The van der Waals surface area contributed by atoms with Gasteiger partial charge in [-0.15, -0.1) is 0 Å². The van der Waals surface area contributed by atoms with Crippen LogP contribution in [0.5, 0.6) is 0 Å². The van der Waals surface area contributed by atoms with Crippen molar-refractivity contribution in [2.75, 3.05) is 17.6 Å². The Bertz CT molecular complexity index is 534. The highest BCUT2D eigenvalue weighted by Gasteiger charge is 2.33. The van der Waals surface area contributed by atoms with Gasteiger partial charge >= 0.3 is 6.18 Å². The molecule has 2 rings (SSSR count). The van der Waals surface area contributed by atoms with Gasteiger partial charge in [-0.2, -0.15) is 13.2 Å². The van der Waals surface area contributed by atoms with Crippen molar-refractivity contribution >= 4 is 11.4 Å². The maximum atomic E-state index is 12.7. The van der Waals surface area contributed by atoms with Crippen LogP contribution in [0.1, 0.15) is 5.56 Å². The minimum absolute atomic E-state index is 0.271. The molecule has 0 aliphatic rings. The number of halogens is 3. The average Bonchev–Trinajstić information content (AvgIpc) is 2.83. The van der Waals surface area contributed by atoms with Crippen LogP contribution in [-0.4, -0.2) is 16.1 Å². The van der Waals surface area contributed by atoms with Crippen LogP contribution >= 0.6 is 0 Å². The SMILES string of the molecule is Nc1ccc(NCCn2ccnc2)cc1C(F)(F)F. The van der Waals surface area contributed by atoms with E-state index >= 15 is 0 Å². The molecule has 1 heterocycles. The zero-order valence-corrected chi connectivity index (χ0v) is 9.98. The molecule has 0 unspecified atom stereocenters. The first-order chi connectivity index (χ1) is 8.97. The van der Waals surface area contributed by atoms with Gasteiger partial charge in [-0.05, 0) is 18.2 Å². The molecule has 0 saturated carbocycles. The number of rotatable bonds is 4. The van der Waals surface area contributed by atoms with Crippen LogP contribution in [0.2, 0.25) is 0 Å². The van der Waals surface area contributed by atoms with E-state index in [1.165, 1.54) is 12.1 Å². The van der Waals surface area contributed by atoms with E-state index in [-0.39, 0.29) is 5.69 Å². The van der Waals surface area contributed by atoms with Gasteiger partial charge in [0, 0.05) is 36.9 Å². The number of hydrogen-bond acceptors (Lipinski definition) is 3. The zero-order valence-electron chi connectivity index (χ0n) is 9.98. The average molecular weight is 270 g/mol. The van der Waals surface area contributed by atoms with Crippen LogP contribution in [-0.2, 0) is 12.7 Å². The van der Waals surface area contributed by atoms with Crippen LogP contribution in [0.15, 0.2) is 36.9 Å². The van der Waals surface area contributed by atoms with Gasteiger partial charge in [-0.1, -0.05) is 0 Å². The Kier molecular flexibility index (Phi) is 3.64. The molecule has 1 aromatic heterocycles. The van der Waals surface area contributed by atoms with Gasteiger partial charge in [-0.3, -0.25) is 0 Å². The lowest BCUT2D eigenvalue weighted by molar-refractivity contribution is -0.136. The Morgan fingerprint density at radius 3 is 2.74 bits per heavy atom. The van der Waals surface area contributed by atoms with Crippen LogP contribution < -0.4 is 11.1 Å². The van der Waals surface area contributed by atoms with E-state index in [0.717, 1.165) is 6.07 Å². The Morgan fingerprint density at radius 1 is 1.32 bits per heavy atom. The third kappa shape index (κ3) is 3.40. The third-order valence-electron chi connectivity index (χ3n) is 2.62. The first-order valence-electron chi connectivity index (χ1n) is 5.63. The highest BCUT2D eigenvalue weighted by molar-refractivity contribution is 5.58. The number of nitrogens with zero attached hydrogens (tertiary/aromatic N) is 2. The number of imidazole rings is 1. The monoisotopic (exact) mass is 270 g/mol. The standard InChI is InChI=1S/C12H13F3N4/c13-12(14,15)10-7-9(1-2-11(10)16)18-4-6-19-5-3-17-8-19/h1-3,5,7-8,18H,4,6,16H2. The van der Waals surface area contributed by atoms with Crippen LogP contribution in [0.25, 0.3) is 0 Å². The third-order valence-corrected chi connectivity index (χ3v) is 2.62. The summed E-state index contributed by atoms with van der Waals surface area (Å²) in [5, 5.41) is 2.92. The molecule has 4 nitrogen and oxygen atoms in total. The van der Waals surface area contributed by atoms with Gasteiger partial charge in [-0.25, -0.2) is 4.98 Å². The Labute approximate surface area is 108 Å². The minimum atomic E-state index is -4.44. The summed E-state index contributed by atoms with van der Waals surface area (Å²) in [6.07, 6.45) is 0.634. The molecule has 0 spiro atoms. The highest BCUT2D eigenvalue weighted by Crippen LogP contribution is 2.35. The predicted octanol–water partition coefficient (Wildman–Crippen LogP) is 2.60. The van der Waals surface area contributed by atoms with Crippen molar-refractivity contribution in [3.8, 4) is 0 Å². The number of aromatic nitrogens is 2. The molecule has 7 heteroatoms. The summed E-state index contributed by atoms with van der Waals surface area (Å²) in [4.78, 5) is 3.88. The lowest BCUT2D eigenvalue weighted by Gasteiger charge is -2.13. The van der Waals surface area contributed by atoms with Crippen molar-refractivity contribution in [2.24, 2.45) is 0 Å². The molecule has 0 aliphatic carbocycles. The van der Waals surface area contributed by atoms with Crippen LogP contribution in [0.4, 0.5) is 24.5 Å². The molecule has 0 aliphatic heterocycles. The van der Waals surface area contributed by atoms with Gasteiger partial charge in [0.2, 0.25) is 0 Å². The maximum absolute atomic E-state index is 12.7. The summed E-state index contributed by atoms with van der Waals surface area (Å²) in [5.74, 6) is 0. The Hall–Kier alpha value is -2.18. The van der Waals surface area contributed by atoms with Crippen molar-refractivity contribution in [3.05, 3.63) is 42.5 Å². The number of nitrogens with one attached hydrogen (secondary N) is 1. The molecule has 3 N–H and O–H groups in total. The van der Waals surface area contributed by atoms with Crippen molar-refractivity contribution in [1.29, 1.82) is 0 Å². The van der Waals surface area contributed by atoms with Crippen LogP contribution in [0.3, 0.4) is 0 Å². The summed E-state index contributed by atoms with van der Waals surface area (Å²) in [6.45, 7) is 1.11. The molecule has 0 bridgehead atoms. The molecule has 1 aromatic carbocycles. The molecule has 19 heavy (non-hydrogen) atoms. The van der Waals surface area contributed by atoms with Gasteiger partial charge in [0.05, 0.1) is 11.9 Å². The Balaban J connectivity index is 2.01. The van der Waals surface area contributed by atoms with Crippen molar-refractivity contribution < 1.29 is 13.2 Å². The van der Waals surface area contributed by atoms with E-state index in [1.54, 1.807) is 18.7 Å². The molecular weight excluding hydrogens is 257 g/mol. The zero-order chi connectivity index (χ0) is 13.9. The fourth-order valence-corrected chi connectivity index (χ4v) is 1.66. The number of alkyl halides is 3. The predicted molar refractivity (Wildman–Crippen MR) is 66.6 cm³/mol. The normalized spacial score (nSPS) is 11.5. The summed E-state index contributed by atoms with van der Waals surface area (Å²) >= 11 is 0. The minimum Gasteiger partial charge on any atom is -0.398 e. The second-order valence-corrected chi connectivity index (χ2v) is 4.03. The molecule has 0 fully saturated rings. The van der Waals surface area contributed by atoms with Gasteiger partial charge in [0.1, 0.15) is 0 Å². The first kappa shape index (κ1) is 13.3. The fraction of sp³-hybridized carbons (Fsp3) is 0.250. The molecule has 0 saturated heterocycles. The van der Waals surface area contributed by atoms with Gasteiger partial charge in [0.25, 0.3) is 0 Å². The summed E-state index contributed by atoms with van der Waals surface area (Å²) in [6, 6.07) is 3.80. The molecular formula is C12H13F3N4. The molecule has 0 radical (unpaired) electrons.